The van der Waals surface area contributed by atoms with Crippen LogP contribution in [0.1, 0.15) is 31.2 Å². The lowest BCUT2D eigenvalue weighted by molar-refractivity contribution is 0.659. The number of anilines is 1. The normalized spacial score (nSPS) is 18.7. The second-order valence-corrected chi connectivity index (χ2v) is 7.18. The number of aromatic nitrogens is 3. The van der Waals surface area contributed by atoms with Crippen molar-refractivity contribution in [2.24, 2.45) is 0 Å². The van der Waals surface area contributed by atoms with Crippen LogP contribution in [0.15, 0.2) is 53.5 Å². The van der Waals surface area contributed by atoms with E-state index in [9.17, 15) is 4.79 Å². The van der Waals surface area contributed by atoms with E-state index in [1.54, 1.807) is 6.20 Å². The molecule has 1 aromatic carbocycles. The van der Waals surface area contributed by atoms with Gasteiger partial charge in [-0.2, -0.15) is 4.52 Å². The zero-order valence-electron chi connectivity index (χ0n) is 13.9. The molecule has 5 nitrogen and oxygen atoms in total. The molecule has 0 saturated carbocycles. The molecule has 1 atom stereocenters. The van der Waals surface area contributed by atoms with Gasteiger partial charge >= 0.3 is 0 Å². The summed E-state index contributed by atoms with van der Waals surface area (Å²) in [6, 6.07) is 12.1. The number of benzene rings is 1. The summed E-state index contributed by atoms with van der Waals surface area (Å²) in [5, 5.41) is 5.41. The van der Waals surface area contributed by atoms with Gasteiger partial charge in [0, 0.05) is 24.8 Å². The van der Waals surface area contributed by atoms with Crippen LogP contribution >= 0.6 is 11.3 Å². The first kappa shape index (κ1) is 16.0. The van der Waals surface area contributed by atoms with Crippen molar-refractivity contribution in [1.82, 2.24) is 14.6 Å². The lowest BCUT2D eigenvalue weighted by atomic mass is 10.1. The zero-order valence-corrected chi connectivity index (χ0v) is 14.7. The van der Waals surface area contributed by atoms with Crippen LogP contribution < -0.4 is 10.5 Å². The van der Waals surface area contributed by atoms with Crippen LogP contribution in [0.3, 0.4) is 0 Å². The Kier molecular flexibility index (Phi) is 4.61. The largest absolute Gasteiger partial charge is 0.340 e. The van der Waals surface area contributed by atoms with Gasteiger partial charge in [-0.3, -0.25) is 4.79 Å². The van der Waals surface area contributed by atoms with Crippen molar-refractivity contribution in [3.05, 3.63) is 64.6 Å². The second kappa shape index (κ2) is 7.19. The molecule has 3 aromatic rings. The second-order valence-electron chi connectivity index (χ2n) is 6.24. The van der Waals surface area contributed by atoms with E-state index in [1.807, 2.05) is 6.07 Å². The number of hydrogen-bond donors (Lipinski definition) is 0. The highest BCUT2D eigenvalue weighted by atomic mass is 32.1. The molecule has 0 spiro atoms. The smallest absolute Gasteiger partial charge is 0.275 e. The van der Waals surface area contributed by atoms with Gasteiger partial charge in [0.1, 0.15) is 0 Å². The monoisotopic (exact) mass is 352 g/mol. The fourth-order valence-corrected chi connectivity index (χ4v) is 4.17. The van der Waals surface area contributed by atoms with Crippen LogP contribution in [0.25, 0.3) is 11.0 Å². The molecule has 1 fully saturated rings. The van der Waals surface area contributed by atoms with Crippen LogP contribution in [0.5, 0.6) is 0 Å². The zero-order chi connectivity index (χ0) is 17.1. The van der Waals surface area contributed by atoms with Crippen LogP contribution in [0, 0.1) is 0 Å². The molecular weight excluding hydrogens is 332 g/mol. The van der Waals surface area contributed by atoms with E-state index in [-0.39, 0.29) is 5.56 Å². The van der Waals surface area contributed by atoms with Crippen LogP contribution in [-0.4, -0.2) is 27.2 Å². The molecule has 128 valence electrons. The van der Waals surface area contributed by atoms with Gasteiger partial charge in [0.15, 0.2) is 0 Å². The summed E-state index contributed by atoms with van der Waals surface area (Å²) >= 11 is 1.49. The minimum atomic E-state index is -0.126. The number of nitrogens with zero attached hydrogens (tertiary/aromatic N) is 4. The maximum absolute atomic E-state index is 12.0. The first-order chi connectivity index (χ1) is 12.3. The molecular formula is C19H20N4OS. The predicted molar refractivity (Wildman–Crippen MR) is 102 cm³/mol. The molecule has 6 heteroatoms. The molecule has 0 radical (unpaired) electrons. The maximum atomic E-state index is 12.0. The molecule has 3 heterocycles. The third kappa shape index (κ3) is 3.49. The van der Waals surface area contributed by atoms with Crippen LogP contribution in [-0.2, 0) is 0 Å². The maximum Gasteiger partial charge on any atom is 0.275 e. The Morgan fingerprint density at radius 1 is 1.12 bits per heavy atom. The lowest BCUT2D eigenvalue weighted by Gasteiger charge is -2.26. The molecule has 0 bridgehead atoms. The summed E-state index contributed by atoms with van der Waals surface area (Å²) in [4.78, 5) is 19.2. The molecule has 1 unspecified atom stereocenters. The van der Waals surface area contributed by atoms with Crippen molar-refractivity contribution in [2.45, 2.75) is 31.7 Å². The molecule has 4 rings (SSSR count). The van der Waals surface area contributed by atoms with Gasteiger partial charge < -0.3 is 4.90 Å². The summed E-state index contributed by atoms with van der Waals surface area (Å²) in [5.41, 5.74) is 1.08. The summed E-state index contributed by atoms with van der Waals surface area (Å²) < 4.78 is 1.41. The van der Waals surface area contributed by atoms with E-state index in [1.165, 1.54) is 40.3 Å². The molecule has 25 heavy (non-hydrogen) atoms. The fraction of sp³-hybridized carbons (Fsp3) is 0.316. The first-order valence-electron chi connectivity index (χ1n) is 8.66. The molecule has 0 N–H and O–H groups in total. The highest BCUT2D eigenvalue weighted by Gasteiger charge is 2.22. The number of rotatable bonds is 3. The van der Waals surface area contributed by atoms with E-state index in [4.69, 9.17) is 0 Å². The minimum absolute atomic E-state index is 0.126. The van der Waals surface area contributed by atoms with Crippen molar-refractivity contribution in [2.75, 3.05) is 11.4 Å². The topological polar surface area (TPSA) is 50.5 Å². The van der Waals surface area contributed by atoms with E-state index in [0.717, 1.165) is 24.5 Å². The Morgan fingerprint density at radius 2 is 2.00 bits per heavy atom. The van der Waals surface area contributed by atoms with Gasteiger partial charge in [-0.25, -0.2) is 4.98 Å². The molecule has 1 saturated heterocycles. The van der Waals surface area contributed by atoms with E-state index < -0.39 is 0 Å². The molecule has 1 aliphatic rings. The van der Waals surface area contributed by atoms with Gasteiger partial charge in [-0.1, -0.05) is 66.7 Å². The average Bonchev–Trinajstić information content (AvgIpc) is 2.94. The van der Waals surface area contributed by atoms with Gasteiger partial charge in [0.25, 0.3) is 5.56 Å². The third-order valence-electron chi connectivity index (χ3n) is 4.52. The van der Waals surface area contributed by atoms with Crippen molar-refractivity contribution in [3.63, 3.8) is 0 Å². The Bertz CT molecular complexity index is 931. The van der Waals surface area contributed by atoms with Crippen molar-refractivity contribution in [3.8, 4) is 0 Å². The number of fused-ring (bicyclic) bond motifs is 1. The molecule has 0 aliphatic carbocycles. The minimum Gasteiger partial charge on any atom is -0.340 e. The Labute approximate surface area is 150 Å². The fourth-order valence-electron chi connectivity index (χ4n) is 3.21. The summed E-state index contributed by atoms with van der Waals surface area (Å²) in [6.07, 6.45) is 10.7. The van der Waals surface area contributed by atoms with E-state index in [0.29, 0.717) is 11.0 Å². The number of hydrogen-bond acceptors (Lipinski definition) is 5. The quantitative estimate of drug-likeness (QED) is 0.722. The summed E-state index contributed by atoms with van der Waals surface area (Å²) in [5.74, 6) is 0. The predicted octanol–water partition coefficient (Wildman–Crippen LogP) is 3.61. The Balaban J connectivity index is 1.67. The van der Waals surface area contributed by atoms with E-state index >= 15 is 0 Å². The van der Waals surface area contributed by atoms with Crippen LogP contribution in [0.4, 0.5) is 5.13 Å². The van der Waals surface area contributed by atoms with E-state index in [2.05, 4.69) is 51.4 Å². The first-order valence-corrected chi connectivity index (χ1v) is 9.48. The van der Waals surface area contributed by atoms with Gasteiger partial charge in [-0.05, 0) is 18.4 Å². The third-order valence-corrected chi connectivity index (χ3v) is 5.48. The molecule has 1 aliphatic heterocycles. The summed E-state index contributed by atoms with van der Waals surface area (Å²) in [6.45, 7) is 0.957. The highest BCUT2D eigenvalue weighted by Crippen LogP contribution is 2.28. The van der Waals surface area contributed by atoms with Crippen molar-refractivity contribution >= 4 is 27.5 Å². The van der Waals surface area contributed by atoms with Crippen LogP contribution in [0.2, 0.25) is 0 Å². The van der Waals surface area contributed by atoms with Gasteiger partial charge in [0.05, 0.1) is 0 Å². The molecule has 0 amide bonds. The van der Waals surface area contributed by atoms with Crippen molar-refractivity contribution < 1.29 is 0 Å². The standard InChI is InChI=1S/C19H20N4OS/c24-17-12-13-20-18-23(17)21-19(25-18)22-14-6-2-5-9-16(22)11-10-15-7-3-1-4-8-15/h1,3-4,7-8,10-13,16H,2,5-6,9,14H2. The lowest BCUT2D eigenvalue weighted by Crippen LogP contribution is -2.33. The Morgan fingerprint density at radius 3 is 2.84 bits per heavy atom. The van der Waals surface area contributed by atoms with Gasteiger partial charge in [-0.15, -0.1) is 5.10 Å². The SMILES string of the molecule is O=c1ccnc2sc(N3CCCCCC3C=Cc3ccccc3)nn12. The Hall–Kier alpha value is -2.47. The van der Waals surface area contributed by atoms with Crippen molar-refractivity contribution in [1.29, 1.82) is 0 Å². The van der Waals surface area contributed by atoms with Gasteiger partial charge in [0.2, 0.25) is 10.1 Å². The molecule has 2 aromatic heterocycles. The summed E-state index contributed by atoms with van der Waals surface area (Å²) in [7, 11) is 0. The average molecular weight is 352 g/mol. The highest BCUT2D eigenvalue weighted by molar-refractivity contribution is 7.20.